The van der Waals surface area contributed by atoms with E-state index in [1.54, 1.807) is 18.2 Å². The summed E-state index contributed by atoms with van der Waals surface area (Å²) in [5.41, 5.74) is -0.245. The molecule has 0 atom stereocenters. The van der Waals surface area contributed by atoms with Gasteiger partial charge in [0.2, 0.25) is 0 Å². The Morgan fingerprint density at radius 3 is 2.26 bits per heavy atom. The van der Waals surface area contributed by atoms with Crippen molar-refractivity contribution < 1.29 is 34.4 Å². The number of benzene rings is 2. The summed E-state index contributed by atoms with van der Waals surface area (Å²) in [7, 11) is 0. The van der Waals surface area contributed by atoms with Crippen molar-refractivity contribution in [2.45, 2.75) is 6.92 Å². The summed E-state index contributed by atoms with van der Waals surface area (Å²) in [6, 6.07) is 7.06. The fourth-order valence-corrected chi connectivity index (χ4v) is 2.05. The van der Waals surface area contributed by atoms with Crippen LogP contribution in [-0.2, 0) is 4.74 Å². The van der Waals surface area contributed by atoms with E-state index in [0.29, 0.717) is 0 Å². The van der Waals surface area contributed by atoms with Crippen LogP contribution < -0.4 is 4.74 Å². The lowest BCUT2D eigenvalue weighted by molar-refractivity contribution is 0.0546. The van der Waals surface area contributed by atoms with Crippen molar-refractivity contribution in [1.29, 1.82) is 0 Å². The Balaban J connectivity index is 2.05. The molecule has 0 fully saturated rings. The van der Waals surface area contributed by atoms with Gasteiger partial charge in [-0.1, -0.05) is 18.2 Å². The van der Waals surface area contributed by atoms with Gasteiger partial charge in [-0.2, -0.15) is 0 Å². The summed E-state index contributed by atoms with van der Waals surface area (Å²) in [4.78, 5) is 24.0. The van der Waals surface area contributed by atoms with Crippen LogP contribution >= 0.6 is 0 Å². The van der Waals surface area contributed by atoms with Crippen LogP contribution in [0.15, 0.2) is 60.7 Å². The fourth-order valence-electron chi connectivity index (χ4n) is 2.05. The number of allylic oxidation sites excluding steroid dienone is 3. The first-order valence-corrected chi connectivity index (χ1v) is 7.94. The van der Waals surface area contributed by atoms with E-state index in [4.69, 9.17) is 9.47 Å². The molecule has 0 unspecified atom stereocenters. The second kappa shape index (κ2) is 9.10. The molecular formula is C20H18O7. The van der Waals surface area contributed by atoms with Gasteiger partial charge in [0.25, 0.3) is 0 Å². The average molecular weight is 370 g/mol. The minimum atomic E-state index is -0.892. The van der Waals surface area contributed by atoms with Gasteiger partial charge in [-0.05, 0) is 37.3 Å². The van der Waals surface area contributed by atoms with Gasteiger partial charge in [0, 0.05) is 12.1 Å². The van der Waals surface area contributed by atoms with Crippen LogP contribution in [0.5, 0.6) is 23.0 Å². The van der Waals surface area contributed by atoms with Crippen molar-refractivity contribution in [1.82, 2.24) is 0 Å². The highest BCUT2D eigenvalue weighted by atomic mass is 16.5. The van der Waals surface area contributed by atoms with Crippen molar-refractivity contribution in [3.05, 3.63) is 71.8 Å². The molecule has 0 bridgehead atoms. The van der Waals surface area contributed by atoms with Gasteiger partial charge >= 0.3 is 11.9 Å². The Labute approximate surface area is 155 Å². The van der Waals surface area contributed by atoms with Crippen LogP contribution in [0.3, 0.4) is 0 Å². The summed E-state index contributed by atoms with van der Waals surface area (Å²) in [5, 5.41) is 28.9. The Hall–Kier alpha value is -3.74. The zero-order valence-corrected chi connectivity index (χ0v) is 14.5. The van der Waals surface area contributed by atoms with Gasteiger partial charge in [-0.25, -0.2) is 9.59 Å². The smallest absolute Gasteiger partial charge is 0.347 e. The van der Waals surface area contributed by atoms with Crippen molar-refractivity contribution in [3.63, 3.8) is 0 Å². The van der Waals surface area contributed by atoms with Crippen LogP contribution in [0.2, 0.25) is 0 Å². The number of phenols is 3. The average Bonchev–Trinajstić information content (AvgIpc) is 2.61. The van der Waals surface area contributed by atoms with Gasteiger partial charge < -0.3 is 24.8 Å². The molecule has 0 aliphatic rings. The molecule has 0 aromatic heterocycles. The minimum Gasteiger partial charge on any atom is -0.508 e. The largest absolute Gasteiger partial charge is 0.508 e. The molecule has 27 heavy (non-hydrogen) atoms. The Morgan fingerprint density at radius 1 is 0.926 bits per heavy atom. The predicted molar refractivity (Wildman–Crippen MR) is 97.1 cm³/mol. The lowest BCUT2D eigenvalue weighted by atomic mass is 10.2. The van der Waals surface area contributed by atoms with Gasteiger partial charge in [0.05, 0.1) is 0 Å². The number of esters is 2. The third kappa shape index (κ3) is 5.37. The molecule has 0 heterocycles. The van der Waals surface area contributed by atoms with Crippen LogP contribution in [0, 0.1) is 0 Å². The van der Waals surface area contributed by atoms with E-state index >= 15 is 0 Å². The molecule has 0 radical (unpaired) electrons. The molecule has 0 saturated heterocycles. The van der Waals surface area contributed by atoms with Gasteiger partial charge in [0.15, 0.2) is 0 Å². The Morgan fingerprint density at radius 2 is 1.59 bits per heavy atom. The maximum Gasteiger partial charge on any atom is 0.347 e. The fraction of sp³-hybridized carbons (Fsp3) is 0.100. The Bertz CT molecular complexity index is 897. The molecule has 0 aliphatic carbocycles. The van der Waals surface area contributed by atoms with Crippen LogP contribution in [0.4, 0.5) is 0 Å². The van der Waals surface area contributed by atoms with Gasteiger partial charge in [0.1, 0.15) is 40.7 Å². The van der Waals surface area contributed by atoms with E-state index < -0.39 is 23.4 Å². The zero-order chi connectivity index (χ0) is 19.8. The number of phenolic OH excluding ortho intramolecular Hbond substituents is 3. The summed E-state index contributed by atoms with van der Waals surface area (Å²) in [6.07, 6.45) is 6.95. The molecule has 2 aromatic carbocycles. The summed E-state index contributed by atoms with van der Waals surface area (Å²) >= 11 is 0. The maximum absolute atomic E-state index is 12.1. The number of hydrogen-bond donors (Lipinski definition) is 3. The number of hydrogen-bond acceptors (Lipinski definition) is 7. The quantitative estimate of drug-likeness (QED) is 0.406. The third-order valence-corrected chi connectivity index (χ3v) is 3.35. The van der Waals surface area contributed by atoms with E-state index in [1.165, 1.54) is 24.3 Å². The highest BCUT2D eigenvalue weighted by Gasteiger charge is 2.17. The first kappa shape index (κ1) is 19.6. The molecule has 7 heteroatoms. The normalized spacial score (nSPS) is 11.0. The number of ether oxygens (including phenoxy) is 2. The third-order valence-electron chi connectivity index (χ3n) is 3.35. The lowest BCUT2D eigenvalue weighted by Crippen LogP contribution is -2.09. The topological polar surface area (TPSA) is 113 Å². The van der Waals surface area contributed by atoms with Crippen molar-refractivity contribution in [3.8, 4) is 23.0 Å². The molecule has 0 amide bonds. The second-order valence-electron chi connectivity index (χ2n) is 5.32. The number of rotatable bonds is 6. The maximum atomic E-state index is 12.1. The first-order valence-electron chi connectivity index (χ1n) is 7.94. The summed E-state index contributed by atoms with van der Waals surface area (Å²) in [6.45, 7) is 1.89. The van der Waals surface area contributed by atoms with E-state index in [2.05, 4.69) is 0 Å². The SMILES string of the molecule is CC=CC=CCOC(=O)c1ccc(OC(=O)c2ccc(O)cc2O)cc1O. The number of carbonyl (C=O) groups is 2. The molecular weight excluding hydrogens is 352 g/mol. The predicted octanol–water partition coefficient (Wildman–Crippen LogP) is 3.31. The lowest BCUT2D eigenvalue weighted by Gasteiger charge is -2.09. The highest BCUT2D eigenvalue weighted by molar-refractivity contribution is 5.95. The van der Waals surface area contributed by atoms with Crippen molar-refractivity contribution >= 4 is 11.9 Å². The van der Waals surface area contributed by atoms with E-state index in [-0.39, 0.29) is 29.2 Å². The minimum absolute atomic E-state index is 0.0329. The molecule has 7 nitrogen and oxygen atoms in total. The summed E-state index contributed by atoms with van der Waals surface area (Å²) < 4.78 is 10.0. The molecule has 0 aliphatic heterocycles. The zero-order valence-electron chi connectivity index (χ0n) is 14.5. The first-order chi connectivity index (χ1) is 12.9. The number of aromatic hydroxyl groups is 3. The Kier molecular flexibility index (Phi) is 6.60. The van der Waals surface area contributed by atoms with E-state index in [1.807, 2.05) is 13.0 Å². The molecule has 0 spiro atoms. The van der Waals surface area contributed by atoms with E-state index in [9.17, 15) is 24.9 Å². The van der Waals surface area contributed by atoms with Gasteiger partial charge in [-0.3, -0.25) is 0 Å². The molecule has 3 N–H and O–H groups in total. The summed E-state index contributed by atoms with van der Waals surface area (Å²) in [5.74, 6) is -2.73. The van der Waals surface area contributed by atoms with Crippen LogP contribution in [0.1, 0.15) is 27.6 Å². The van der Waals surface area contributed by atoms with Crippen LogP contribution in [-0.4, -0.2) is 33.9 Å². The molecule has 2 rings (SSSR count). The van der Waals surface area contributed by atoms with Crippen molar-refractivity contribution in [2.75, 3.05) is 6.61 Å². The van der Waals surface area contributed by atoms with Gasteiger partial charge in [-0.15, -0.1) is 0 Å². The molecule has 0 saturated carbocycles. The molecule has 140 valence electrons. The second-order valence-corrected chi connectivity index (χ2v) is 5.32. The highest BCUT2D eigenvalue weighted by Crippen LogP contribution is 2.27. The van der Waals surface area contributed by atoms with Crippen molar-refractivity contribution in [2.24, 2.45) is 0 Å². The molecule has 2 aromatic rings. The standard InChI is InChI=1S/C20H18O7/c1-2-3-4-5-10-26-19(24)15-9-7-14(12-18(15)23)27-20(25)16-8-6-13(21)11-17(16)22/h2-9,11-12,21-23H,10H2,1H3. The van der Waals surface area contributed by atoms with E-state index in [0.717, 1.165) is 12.1 Å². The monoisotopic (exact) mass is 370 g/mol. The number of carbonyl (C=O) groups excluding carboxylic acids is 2. The van der Waals surface area contributed by atoms with Crippen LogP contribution in [0.25, 0.3) is 0 Å².